The molecule has 2 aromatic heterocycles. The minimum atomic E-state index is -4.79. The number of hydrogen-bond donors (Lipinski definition) is 0. The number of rotatable bonds is 5. The number of halogens is 6. The van der Waals surface area contributed by atoms with Crippen LogP contribution in [0.5, 0.6) is 5.88 Å². The Morgan fingerprint density at radius 2 is 1.82 bits per heavy atom. The van der Waals surface area contributed by atoms with E-state index < -0.39 is 44.8 Å². The molecular weight excluding hydrogens is 494 g/mol. The van der Waals surface area contributed by atoms with Gasteiger partial charge in [-0.05, 0) is 30.7 Å². The molecule has 0 aliphatic carbocycles. The quantitative estimate of drug-likeness (QED) is 0.481. The first kappa shape index (κ1) is 23.9. The highest BCUT2D eigenvalue weighted by atomic mass is 32.2. The van der Waals surface area contributed by atoms with Crippen molar-refractivity contribution in [3.05, 3.63) is 54.0 Å². The van der Waals surface area contributed by atoms with E-state index in [9.17, 15) is 34.8 Å². The minimum Gasteiger partial charge on any atom is -0.473 e. The molecule has 1 aliphatic rings. The van der Waals surface area contributed by atoms with E-state index in [0.29, 0.717) is 6.07 Å². The van der Waals surface area contributed by atoms with Crippen molar-refractivity contribution in [3.63, 3.8) is 0 Å². The number of alkyl halides is 6. The summed E-state index contributed by atoms with van der Waals surface area (Å²) < 4.78 is 113. The van der Waals surface area contributed by atoms with Crippen LogP contribution in [0, 0.1) is 0 Å². The smallest absolute Gasteiger partial charge is 0.471 e. The lowest BCUT2D eigenvalue weighted by atomic mass is 10.2. The zero-order chi connectivity index (χ0) is 24.7. The van der Waals surface area contributed by atoms with Crippen LogP contribution >= 0.6 is 0 Å². The molecule has 0 saturated carbocycles. The van der Waals surface area contributed by atoms with Crippen LogP contribution in [0.15, 0.2) is 52.0 Å². The van der Waals surface area contributed by atoms with Crippen LogP contribution in [0.1, 0.15) is 17.9 Å². The Bertz CT molecular complexity index is 1270. The van der Waals surface area contributed by atoms with Gasteiger partial charge in [-0.15, -0.1) is 0 Å². The molecule has 3 heterocycles. The molecule has 0 radical (unpaired) electrons. The number of aromatic nitrogens is 3. The van der Waals surface area contributed by atoms with Crippen molar-refractivity contribution in [2.75, 3.05) is 13.1 Å². The van der Waals surface area contributed by atoms with Crippen molar-refractivity contribution in [2.24, 2.45) is 0 Å². The van der Waals surface area contributed by atoms with Crippen LogP contribution in [0.2, 0.25) is 0 Å². The molecule has 8 nitrogen and oxygen atoms in total. The lowest BCUT2D eigenvalue weighted by Crippen LogP contribution is -2.31. The molecule has 3 aromatic rings. The van der Waals surface area contributed by atoms with Crippen molar-refractivity contribution >= 4 is 10.0 Å². The molecule has 1 aliphatic heterocycles. The first-order chi connectivity index (χ1) is 15.8. The molecule has 0 amide bonds. The van der Waals surface area contributed by atoms with Crippen LogP contribution in [-0.4, -0.2) is 47.0 Å². The van der Waals surface area contributed by atoms with Gasteiger partial charge in [-0.1, -0.05) is 11.2 Å². The summed E-state index contributed by atoms with van der Waals surface area (Å²) in [7, 11) is -4.19. The minimum absolute atomic E-state index is 0.0183. The van der Waals surface area contributed by atoms with Crippen LogP contribution in [0.4, 0.5) is 26.3 Å². The van der Waals surface area contributed by atoms with Gasteiger partial charge in [0.15, 0.2) is 0 Å². The van der Waals surface area contributed by atoms with Crippen LogP contribution < -0.4 is 4.74 Å². The maximum atomic E-state index is 12.9. The van der Waals surface area contributed by atoms with Crippen molar-refractivity contribution in [3.8, 4) is 17.3 Å². The van der Waals surface area contributed by atoms with Crippen molar-refractivity contribution in [1.29, 1.82) is 0 Å². The normalized spacial score (nSPS) is 17.8. The molecule has 4 rings (SSSR count). The molecular formula is C19H14F6N4O4S. The van der Waals surface area contributed by atoms with Crippen molar-refractivity contribution in [1.82, 2.24) is 19.4 Å². The highest BCUT2D eigenvalue weighted by Crippen LogP contribution is 2.32. The van der Waals surface area contributed by atoms with E-state index in [2.05, 4.69) is 19.6 Å². The van der Waals surface area contributed by atoms with E-state index in [0.717, 1.165) is 28.7 Å². The monoisotopic (exact) mass is 508 g/mol. The number of benzene rings is 1. The number of ether oxygens (including phenoxy) is 1. The Morgan fingerprint density at radius 3 is 2.44 bits per heavy atom. The van der Waals surface area contributed by atoms with Crippen molar-refractivity contribution in [2.45, 2.75) is 29.8 Å². The molecule has 1 saturated heterocycles. The van der Waals surface area contributed by atoms with Gasteiger partial charge in [0.25, 0.3) is 0 Å². The van der Waals surface area contributed by atoms with Gasteiger partial charge in [0, 0.05) is 24.4 Å². The SMILES string of the molecule is O=S(=O)(c1cccc(C(F)(F)F)c1)N1CC[C@H](Oc2ccc(-c3noc(C(F)(F)F)n3)cn2)C1. The second-order valence-corrected chi connectivity index (χ2v) is 9.16. The van der Waals surface area contributed by atoms with Gasteiger partial charge >= 0.3 is 18.2 Å². The second kappa shape index (κ2) is 8.54. The lowest BCUT2D eigenvalue weighted by molar-refractivity contribution is -0.159. The second-order valence-electron chi connectivity index (χ2n) is 7.22. The molecule has 34 heavy (non-hydrogen) atoms. The first-order valence-corrected chi connectivity index (χ1v) is 11.0. The molecule has 0 unspecified atom stereocenters. The maximum absolute atomic E-state index is 12.9. The average Bonchev–Trinajstić information content (AvgIpc) is 3.44. The summed E-state index contributed by atoms with van der Waals surface area (Å²) in [6.45, 7) is -0.105. The number of sulfonamides is 1. The molecule has 15 heteroatoms. The molecule has 1 atom stereocenters. The molecule has 0 N–H and O–H groups in total. The molecule has 182 valence electrons. The first-order valence-electron chi connectivity index (χ1n) is 9.55. The Kier molecular flexibility index (Phi) is 6.01. The van der Waals surface area contributed by atoms with Crippen molar-refractivity contribution < 1.29 is 44.0 Å². The van der Waals surface area contributed by atoms with Gasteiger partial charge in [-0.2, -0.15) is 35.6 Å². The topological polar surface area (TPSA) is 98.4 Å². The Morgan fingerprint density at radius 1 is 1.06 bits per heavy atom. The van der Waals surface area contributed by atoms with Gasteiger partial charge < -0.3 is 9.26 Å². The highest BCUT2D eigenvalue weighted by Gasteiger charge is 2.39. The number of nitrogens with zero attached hydrogens (tertiary/aromatic N) is 4. The fraction of sp³-hybridized carbons (Fsp3) is 0.316. The largest absolute Gasteiger partial charge is 0.473 e. The zero-order valence-electron chi connectivity index (χ0n) is 16.8. The summed E-state index contributed by atoms with van der Waals surface area (Å²) in [5, 5.41) is 3.24. The van der Waals surface area contributed by atoms with Crippen LogP contribution in [-0.2, 0) is 22.4 Å². The van der Waals surface area contributed by atoms with E-state index in [1.54, 1.807) is 0 Å². The Balaban J connectivity index is 1.42. The number of pyridine rings is 1. The third-order valence-electron chi connectivity index (χ3n) is 4.86. The molecule has 1 aromatic carbocycles. The third-order valence-corrected chi connectivity index (χ3v) is 6.72. The molecule has 0 bridgehead atoms. The standard InChI is InChI=1S/C19H14F6N4O4S/c20-18(21,22)12-2-1-3-14(8-12)34(30,31)29-7-6-13(10-29)32-15-5-4-11(9-26-15)16-27-17(33-28-16)19(23,24)25/h1-5,8-9,13H,6-7,10H2/t13-/m0/s1. The molecule has 0 spiro atoms. The van der Waals surface area contributed by atoms with E-state index in [4.69, 9.17) is 4.74 Å². The predicted octanol–water partition coefficient (Wildman–Crippen LogP) is 4.01. The van der Waals surface area contributed by atoms with Gasteiger partial charge in [0.05, 0.1) is 17.0 Å². The van der Waals surface area contributed by atoms with Crippen LogP contribution in [0.25, 0.3) is 11.4 Å². The van der Waals surface area contributed by atoms with E-state index in [1.807, 2.05) is 0 Å². The van der Waals surface area contributed by atoms with E-state index >= 15 is 0 Å². The number of hydrogen-bond acceptors (Lipinski definition) is 7. The van der Waals surface area contributed by atoms with E-state index in [1.165, 1.54) is 12.1 Å². The zero-order valence-corrected chi connectivity index (χ0v) is 17.7. The fourth-order valence-corrected chi connectivity index (χ4v) is 4.74. The highest BCUT2D eigenvalue weighted by molar-refractivity contribution is 7.89. The summed E-state index contributed by atoms with van der Waals surface area (Å²) in [6, 6.07) is 6.14. The summed E-state index contributed by atoms with van der Waals surface area (Å²) in [5.74, 6) is -1.77. The predicted molar refractivity (Wildman–Crippen MR) is 102 cm³/mol. The van der Waals surface area contributed by atoms with Gasteiger partial charge in [0.2, 0.25) is 21.7 Å². The van der Waals surface area contributed by atoms with Gasteiger partial charge in [0.1, 0.15) is 6.10 Å². The van der Waals surface area contributed by atoms with Gasteiger partial charge in [-0.25, -0.2) is 13.4 Å². The maximum Gasteiger partial charge on any atom is 0.471 e. The summed E-state index contributed by atoms with van der Waals surface area (Å²) in [6.07, 6.45) is -8.70. The Hall–Kier alpha value is -3.20. The lowest BCUT2D eigenvalue weighted by Gasteiger charge is -2.18. The third kappa shape index (κ3) is 4.99. The Labute approximate surface area is 188 Å². The average molecular weight is 508 g/mol. The van der Waals surface area contributed by atoms with Gasteiger partial charge in [-0.3, -0.25) is 0 Å². The fourth-order valence-electron chi connectivity index (χ4n) is 3.20. The van der Waals surface area contributed by atoms with E-state index in [-0.39, 0.29) is 36.8 Å². The summed E-state index contributed by atoms with van der Waals surface area (Å²) in [5.41, 5.74) is -0.944. The summed E-state index contributed by atoms with van der Waals surface area (Å²) >= 11 is 0. The van der Waals surface area contributed by atoms with Crippen LogP contribution in [0.3, 0.4) is 0 Å². The summed E-state index contributed by atoms with van der Waals surface area (Å²) in [4.78, 5) is 6.72. The molecule has 1 fully saturated rings.